The Kier molecular flexibility index (Phi) is 6.46. The normalized spacial score (nSPS) is 13.8. The highest BCUT2D eigenvalue weighted by Gasteiger charge is 2.16. The number of amides is 1. The first-order valence-corrected chi connectivity index (χ1v) is 9.19. The van der Waals surface area contributed by atoms with Gasteiger partial charge in [0.05, 0.1) is 20.6 Å². The molecule has 1 heterocycles. The van der Waals surface area contributed by atoms with Crippen LogP contribution in [0.4, 0.5) is 0 Å². The van der Waals surface area contributed by atoms with E-state index in [1.54, 1.807) is 14.2 Å². The quantitative estimate of drug-likeness (QED) is 0.717. The lowest BCUT2D eigenvalue weighted by Crippen LogP contribution is -2.25. The molecule has 7 nitrogen and oxygen atoms in total. The average molecular weight is 371 g/mol. The van der Waals surface area contributed by atoms with Gasteiger partial charge in [0.1, 0.15) is 0 Å². The molecule has 0 fully saturated rings. The summed E-state index contributed by atoms with van der Waals surface area (Å²) in [5.74, 6) is 1.31. The van der Waals surface area contributed by atoms with Gasteiger partial charge in [0.2, 0.25) is 5.89 Å². The SMILES string of the molecule is COc1ccc(Cc2nnc(C(=O)NCCC3=CCCCC3)o2)cc1OC. The van der Waals surface area contributed by atoms with Crippen molar-refractivity contribution in [3.8, 4) is 11.5 Å². The molecule has 0 spiro atoms. The molecule has 1 amide bonds. The van der Waals surface area contributed by atoms with E-state index in [0.29, 0.717) is 30.4 Å². The summed E-state index contributed by atoms with van der Waals surface area (Å²) in [6, 6.07) is 5.56. The van der Waals surface area contributed by atoms with Gasteiger partial charge in [-0.15, -0.1) is 10.2 Å². The maximum atomic E-state index is 12.2. The molecule has 2 aromatic rings. The van der Waals surface area contributed by atoms with Gasteiger partial charge < -0.3 is 19.2 Å². The molecule has 27 heavy (non-hydrogen) atoms. The Morgan fingerprint density at radius 3 is 2.78 bits per heavy atom. The van der Waals surface area contributed by atoms with Crippen molar-refractivity contribution < 1.29 is 18.7 Å². The van der Waals surface area contributed by atoms with E-state index in [0.717, 1.165) is 24.8 Å². The average Bonchev–Trinajstić information content (AvgIpc) is 3.17. The zero-order valence-electron chi connectivity index (χ0n) is 15.8. The topological polar surface area (TPSA) is 86.5 Å². The minimum absolute atomic E-state index is 0.0110. The number of aromatic nitrogens is 2. The highest BCUT2D eigenvalue weighted by atomic mass is 16.5. The number of rotatable bonds is 8. The van der Waals surface area contributed by atoms with Crippen molar-refractivity contribution >= 4 is 5.91 Å². The van der Waals surface area contributed by atoms with Gasteiger partial charge in [0, 0.05) is 6.54 Å². The zero-order valence-corrected chi connectivity index (χ0v) is 15.8. The molecule has 0 radical (unpaired) electrons. The molecule has 0 saturated heterocycles. The number of allylic oxidation sites excluding steroid dienone is 1. The van der Waals surface area contributed by atoms with Crippen molar-refractivity contribution in [2.45, 2.75) is 38.5 Å². The molecule has 7 heteroatoms. The van der Waals surface area contributed by atoms with E-state index in [4.69, 9.17) is 13.9 Å². The van der Waals surface area contributed by atoms with Gasteiger partial charge in [0.25, 0.3) is 0 Å². The summed E-state index contributed by atoms with van der Waals surface area (Å²) < 4.78 is 16.0. The van der Waals surface area contributed by atoms with Gasteiger partial charge in [-0.3, -0.25) is 4.79 Å². The fourth-order valence-electron chi connectivity index (χ4n) is 3.13. The van der Waals surface area contributed by atoms with Gasteiger partial charge in [-0.05, 0) is 49.8 Å². The largest absolute Gasteiger partial charge is 0.493 e. The number of nitrogens with one attached hydrogen (secondary N) is 1. The highest BCUT2D eigenvalue weighted by Crippen LogP contribution is 2.28. The van der Waals surface area contributed by atoms with E-state index in [1.165, 1.54) is 18.4 Å². The molecule has 1 aromatic heterocycles. The molecule has 3 rings (SSSR count). The lowest BCUT2D eigenvalue weighted by molar-refractivity contribution is 0.0917. The van der Waals surface area contributed by atoms with Crippen molar-refractivity contribution in [2.24, 2.45) is 0 Å². The molecular formula is C20H25N3O4. The Hall–Kier alpha value is -2.83. The van der Waals surface area contributed by atoms with E-state index in [1.807, 2.05) is 18.2 Å². The predicted octanol–water partition coefficient (Wildman–Crippen LogP) is 3.30. The summed E-state index contributed by atoms with van der Waals surface area (Å²) in [4.78, 5) is 12.2. The maximum Gasteiger partial charge on any atom is 0.308 e. The summed E-state index contributed by atoms with van der Waals surface area (Å²) in [6.07, 6.45) is 8.34. The second-order valence-electron chi connectivity index (χ2n) is 6.48. The summed E-state index contributed by atoms with van der Waals surface area (Å²) in [5, 5.41) is 10.7. The van der Waals surface area contributed by atoms with Crippen LogP contribution in [-0.4, -0.2) is 36.9 Å². The molecule has 0 aliphatic heterocycles. The summed E-state index contributed by atoms with van der Waals surface area (Å²) >= 11 is 0. The third-order valence-electron chi connectivity index (χ3n) is 4.58. The number of benzene rings is 1. The molecule has 0 unspecified atom stereocenters. The van der Waals surface area contributed by atoms with Crippen molar-refractivity contribution in [3.63, 3.8) is 0 Å². The van der Waals surface area contributed by atoms with E-state index < -0.39 is 0 Å². The second kappa shape index (κ2) is 9.21. The fourth-order valence-corrected chi connectivity index (χ4v) is 3.13. The van der Waals surface area contributed by atoms with Gasteiger partial charge in [-0.25, -0.2) is 0 Å². The van der Waals surface area contributed by atoms with Crippen molar-refractivity contribution in [2.75, 3.05) is 20.8 Å². The number of methoxy groups -OCH3 is 2. The number of carbonyl (C=O) groups excluding carboxylic acids is 1. The van der Waals surface area contributed by atoms with Gasteiger partial charge in [-0.1, -0.05) is 17.7 Å². The van der Waals surface area contributed by atoms with Crippen molar-refractivity contribution in [1.82, 2.24) is 15.5 Å². The minimum Gasteiger partial charge on any atom is -0.493 e. The van der Waals surface area contributed by atoms with Crippen LogP contribution in [0.15, 0.2) is 34.3 Å². The Balaban J connectivity index is 1.54. The Labute approximate surface area is 158 Å². The fraction of sp³-hybridized carbons (Fsp3) is 0.450. The Morgan fingerprint density at radius 2 is 2.04 bits per heavy atom. The third kappa shape index (κ3) is 5.09. The van der Waals surface area contributed by atoms with Crippen LogP contribution in [0.5, 0.6) is 11.5 Å². The van der Waals surface area contributed by atoms with E-state index in [9.17, 15) is 4.79 Å². The van der Waals surface area contributed by atoms with Crippen LogP contribution in [0, 0.1) is 0 Å². The number of carbonyl (C=O) groups is 1. The summed E-state index contributed by atoms with van der Waals surface area (Å²) in [7, 11) is 3.17. The predicted molar refractivity (Wildman–Crippen MR) is 100 cm³/mol. The standard InChI is InChI=1S/C20H25N3O4/c1-25-16-9-8-15(12-17(16)26-2)13-18-22-23-20(27-18)19(24)21-11-10-14-6-4-3-5-7-14/h6,8-9,12H,3-5,7,10-11,13H2,1-2H3,(H,21,24). The number of ether oxygens (including phenoxy) is 2. The van der Waals surface area contributed by atoms with E-state index in [2.05, 4.69) is 21.6 Å². The smallest absolute Gasteiger partial charge is 0.308 e. The molecular weight excluding hydrogens is 346 g/mol. The highest BCUT2D eigenvalue weighted by molar-refractivity contribution is 5.89. The molecule has 0 bridgehead atoms. The summed E-state index contributed by atoms with van der Waals surface area (Å²) in [5.41, 5.74) is 2.34. The van der Waals surface area contributed by atoms with Gasteiger partial charge >= 0.3 is 11.8 Å². The monoisotopic (exact) mass is 371 g/mol. The lowest BCUT2D eigenvalue weighted by atomic mass is 9.97. The van der Waals surface area contributed by atoms with Crippen LogP contribution >= 0.6 is 0 Å². The first-order valence-electron chi connectivity index (χ1n) is 9.19. The molecule has 144 valence electrons. The lowest BCUT2D eigenvalue weighted by Gasteiger charge is -2.12. The number of hydrogen-bond acceptors (Lipinski definition) is 6. The van der Waals surface area contributed by atoms with Crippen molar-refractivity contribution in [3.05, 3.63) is 47.2 Å². The van der Waals surface area contributed by atoms with Crippen LogP contribution in [0.25, 0.3) is 0 Å². The zero-order chi connectivity index (χ0) is 19.1. The van der Waals surface area contributed by atoms with Crippen LogP contribution < -0.4 is 14.8 Å². The van der Waals surface area contributed by atoms with E-state index >= 15 is 0 Å². The second-order valence-corrected chi connectivity index (χ2v) is 6.48. The number of hydrogen-bond donors (Lipinski definition) is 1. The molecule has 1 aliphatic carbocycles. The molecule has 1 aromatic carbocycles. The molecule has 1 aliphatic rings. The first kappa shape index (κ1) is 18.9. The first-order chi connectivity index (χ1) is 13.2. The van der Waals surface area contributed by atoms with Crippen LogP contribution in [-0.2, 0) is 6.42 Å². The minimum atomic E-state index is -0.336. The Bertz CT molecular complexity index is 813. The Morgan fingerprint density at radius 1 is 1.19 bits per heavy atom. The molecule has 1 N–H and O–H groups in total. The molecule has 0 atom stereocenters. The van der Waals surface area contributed by atoms with Crippen LogP contribution in [0.3, 0.4) is 0 Å². The molecule has 0 saturated carbocycles. The number of nitrogens with zero attached hydrogens (tertiary/aromatic N) is 2. The third-order valence-corrected chi connectivity index (χ3v) is 4.58. The van der Waals surface area contributed by atoms with Crippen LogP contribution in [0.1, 0.15) is 54.2 Å². The van der Waals surface area contributed by atoms with E-state index in [-0.39, 0.29) is 11.8 Å². The van der Waals surface area contributed by atoms with Gasteiger partial charge in [0.15, 0.2) is 11.5 Å². The van der Waals surface area contributed by atoms with Crippen molar-refractivity contribution in [1.29, 1.82) is 0 Å². The maximum absolute atomic E-state index is 12.2. The van der Waals surface area contributed by atoms with Crippen LogP contribution in [0.2, 0.25) is 0 Å². The summed E-state index contributed by atoms with van der Waals surface area (Å²) in [6.45, 7) is 0.581. The van der Waals surface area contributed by atoms with Gasteiger partial charge in [-0.2, -0.15) is 0 Å².